The summed E-state index contributed by atoms with van der Waals surface area (Å²) in [6.07, 6.45) is 3.28. The molecule has 22 heteroatoms. The number of carbonyl (C=O) groups is 9. The van der Waals surface area contributed by atoms with Gasteiger partial charge in [-0.3, -0.25) is 38.4 Å². The minimum Gasteiger partial charge on any atom is -0.480 e. The molecule has 1 saturated heterocycles. The Kier molecular flexibility index (Phi) is 26.1. The Hall–Kier alpha value is -4.93. The monoisotopic (exact) mass is 1010 g/mol. The molecule has 0 aromatic heterocycles. The van der Waals surface area contributed by atoms with Gasteiger partial charge < -0.3 is 58.1 Å². The number of carbonyl (C=O) groups excluding carboxylic acids is 8. The highest BCUT2D eigenvalue weighted by atomic mass is 32.2. The molecule has 11 N–H and O–H groups in total. The molecule has 0 radical (unpaired) electrons. The molecule has 0 bridgehead atoms. The highest BCUT2D eigenvalue weighted by Gasteiger charge is 2.40. The van der Waals surface area contributed by atoms with Crippen LogP contribution in [0, 0.1) is 17.8 Å². The number of rotatable bonds is 29. The molecule has 388 valence electrons. The summed E-state index contributed by atoms with van der Waals surface area (Å²) < 4.78 is 0. The lowest BCUT2D eigenvalue weighted by atomic mass is 9.99. The Bertz CT molecular complexity index is 1890. The van der Waals surface area contributed by atoms with Crippen LogP contribution in [0.25, 0.3) is 0 Å². The van der Waals surface area contributed by atoms with Crippen molar-refractivity contribution in [1.29, 1.82) is 0 Å². The third kappa shape index (κ3) is 20.1. The lowest BCUT2D eigenvalue weighted by Crippen LogP contribution is -2.62. The van der Waals surface area contributed by atoms with Crippen molar-refractivity contribution in [2.24, 2.45) is 23.5 Å². The summed E-state index contributed by atoms with van der Waals surface area (Å²) in [5, 5.41) is 39.0. The standard InChI is InChI=1S/C47H77N9O11S2/c1-25(2)21-32(40(59)51-33(23-30-15-12-11-13-16-30)41(60)53-34(47(66)67)22-26(3)4)52-45(64)38(29(8)57)55-42(61)35(24-69-10)54-43(62)36-17-14-19-56(36)46(65)28(7)49-39(58)31(18-20-68-9)50-44(63)37(48)27(5)6/h11-13,15-16,25-29,31-38,57H,14,17-24,48H2,1-10H3,(H,49,58)(H,50,63)(H,51,59)(H,52,64)(H,53,60)(H,54,62)(H,55,61)(H,66,67)/t28-,29+,31-,32-,33-,34-,35-,36-,37-,38-/m0/s1. The normalized spacial score (nSPS) is 17.6. The number of hydrogen-bond donors (Lipinski definition) is 10. The van der Waals surface area contributed by atoms with Gasteiger partial charge in [0.2, 0.25) is 47.3 Å². The maximum absolute atomic E-state index is 14.0. The summed E-state index contributed by atoms with van der Waals surface area (Å²) in [4.78, 5) is 123. The smallest absolute Gasteiger partial charge is 0.326 e. The zero-order valence-electron chi connectivity index (χ0n) is 41.7. The molecule has 1 aliphatic rings. The Morgan fingerprint density at radius 2 is 1.20 bits per heavy atom. The van der Waals surface area contributed by atoms with Crippen LogP contribution in [-0.4, -0.2) is 159 Å². The molecular weight excluding hydrogens is 931 g/mol. The molecule has 2 rings (SSSR count). The molecule has 1 aliphatic heterocycles. The first-order valence-corrected chi connectivity index (χ1v) is 26.3. The van der Waals surface area contributed by atoms with E-state index in [4.69, 9.17) is 5.73 Å². The minimum atomic E-state index is -1.61. The highest BCUT2D eigenvalue weighted by molar-refractivity contribution is 7.98. The van der Waals surface area contributed by atoms with Crippen molar-refractivity contribution in [3.05, 3.63) is 35.9 Å². The second kappa shape index (κ2) is 30.0. The molecule has 1 fully saturated rings. The van der Waals surface area contributed by atoms with Gasteiger partial charge in [0.1, 0.15) is 48.3 Å². The first kappa shape index (κ1) is 60.2. The number of nitrogens with two attached hydrogens (primary N) is 1. The van der Waals surface area contributed by atoms with Crippen LogP contribution < -0.4 is 43.0 Å². The summed E-state index contributed by atoms with van der Waals surface area (Å²) >= 11 is 2.70. The molecule has 10 atom stereocenters. The number of likely N-dealkylation sites (tertiary alicyclic amines) is 1. The topological polar surface area (TPSA) is 308 Å². The maximum Gasteiger partial charge on any atom is 0.326 e. The van der Waals surface area contributed by atoms with E-state index in [0.717, 1.165) is 0 Å². The van der Waals surface area contributed by atoms with E-state index >= 15 is 0 Å². The van der Waals surface area contributed by atoms with E-state index in [0.29, 0.717) is 17.7 Å². The zero-order chi connectivity index (χ0) is 52.1. The summed E-state index contributed by atoms with van der Waals surface area (Å²) in [5.74, 6) is -6.59. The quantitative estimate of drug-likeness (QED) is 0.0517. The minimum absolute atomic E-state index is 0.000463. The molecular formula is C47H77N9O11S2. The number of aliphatic hydroxyl groups excluding tert-OH is 1. The number of nitrogens with zero attached hydrogens (tertiary/aromatic N) is 1. The molecule has 0 spiro atoms. The predicted octanol–water partition coefficient (Wildman–Crippen LogP) is 0.291. The van der Waals surface area contributed by atoms with Gasteiger partial charge in [-0.15, -0.1) is 0 Å². The second-order valence-electron chi connectivity index (χ2n) is 18.7. The Labute approximate surface area is 415 Å². The largest absolute Gasteiger partial charge is 0.480 e. The average molecular weight is 1010 g/mol. The average Bonchev–Trinajstić information content (AvgIpc) is 3.78. The number of carboxylic acids is 1. The van der Waals surface area contributed by atoms with E-state index in [2.05, 4.69) is 37.2 Å². The maximum atomic E-state index is 14.0. The van der Waals surface area contributed by atoms with Gasteiger partial charge in [-0.2, -0.15) is 23.5 Å². The Morgan fingerprint density at radius 1 is 0.667 bits per heavy atom. The van der Waals surface area contributed by atoms with Gasteiger partial charge in [-0.05, 0) is 87.5 Å². The zero-order valence-corrected chi connectivity index (χ0v) is 43.3. The molecule has 0 aliphatic carbocycles. The van der Waals surface area contributed by atoms with Crippen molar-refractivity contribution >= 4 is 76.8 Å². The van der Waals surface area contributed by atoms with E-state index in [1.54, 1.807) is 64.3 Å². The van der Waals surface area contributed by atoms with Crippen molar-refractivity contribution in [2.75, 3.05) is 30.6 Å². The van der Waals surface area contributed by atoms with E-state index in [-0.39, 0.29) is 62.2 Å². The summed E-state index contributed by atoms with van der Waals surface area (Å²) in [5.41, 5.74) is 6.68. The Balaban J connectivity index is 2.25. The van der Waals surface area contributed by atoms with Gasteiger partial charge in [0, 0.05) is 18.7 Å². The fourth-order valence-corrected chi connectivity index (χ4v) is 8.58. The number of carboxylic acid groups (broad SMARTS) is 1. The van der Waals surface area contributed by atoms with Crippen molar-refractivity contribution in [3.63, 3.8) is 0 Å². The fourth-order valence-electron chi connectivity index (χ4n) is 7.54. The molecule has 0 saturated carbocycles. The molecule has 8 amide bonds. The first-order chi connectivity index (χ1) is 32.4. The highest BCUT2D eigenvalue weighted by Crippen LogP contribution is 2.20. The lowest BCUT2D eigenvalue weighted by Gasteiger charge is -2.30. The predicted molar refractivity (Wildman–Crippen MR) is 266 cm³/mol. The van der Waals surface area contributed by atoms with Gasteiger partial charge in [-0.1, -0.05) is 71.9 Å². The molecule has 1 aromatic rings. The van der Waals surface area contributed by atoms with E-state index in [9.17, 15) is 53.4 Å². The van der Waals surface area contributed by atoms with Crippen LogP contribution >= 0.6 is 23.5 Å². The summed E-state index contributed by atoms with van der Waals surface area (Å²) in [7, 11) is 0. The molecule has 69 heavy (non-hydrogen) atoms. The SMILES string of the molecule is CSCC[C@H](NC(=O)[C@@H](N)C(C)C)C(=O)N[C@@H](C)C(=O)N1CCC[C@H]1C(=O)N[C@@H](CSC)C(=O)N[C@H](C(=O)N[C@@H](CC(C)C)C(=O)N[C@@H](Cc1ccccc1)C(=O)N[C@@H](CC(C)C)C(=O)O)[C@@H](C)O. The number of benzene rings is 1. The fraction of sp³-hybridized carbons (Fsp3) is 0.681. The number of amides is 8. The van der Waals surface area contributed by atoms with Gasteiger partial charge in [-0.25, -0.2) is 4.79 Å². The van der Waals surface area contributed by atoms with Crippen LogP contribution in [-0.2, 0) is 49.6 Å². The lowest BCUT2D eigenvalue weighted by molar-refractivity contribution is -0.143. The van der Waals surface area contributed by atoms with Crippen molar-refractivity contribution in [2.45, 2.75) is 154 Å². The van der Waals surface area contributed by atoms with E-state index in [1.165, 1.54) is 42.3 Å². The second-order valence-corrected chi connectivity index (χ2v) is 20.6. The van der Waals surface area contributed by atoms with Crippen molar-refractivity contribution in [1.82, 2.24) is 42.1 Å². The summed E-state index contributed by atoms with van der Waals surface area (Å²) in [6.45, 7) is 13.7. The van der Waals surface area contributed by atoms with Crippen LogP contribution in [0.15, 0.2) is 30.3 Å². The van der Waals surface area contributed by atoms with Crippen molar-refractivity contribution in [3.8, 4) is 0 Å². The van der Waals surface area contributed by atoms with Crippen LogP contribution in [0.5, 0.6) is 0 Å². The third-order valence-corrected chi connectivity index (χ3v) is 12.7. The van der Waals surface area contributed by atoms with E-state index < -0.39 is 114 Å². The molecule has 0 unspecified atom stereocenters. The molecule has 1 heterocycles. The first-order valence-electron chi connectivity index (χ1n) is 23.5. The summed E-state index contributed by atoms with van der Waals surface area (Å²) in [6, 6.07) is -1.69. The number of hydrogen-bond acceptors (Lipinski definition) is 13. The van der Waals surface area contributed by atoms with Gasteiger partial charge in [0.25, 0.3) is 0 Å². The van der Waals surface area contributed by atoms with Crippen LogP contribution in [0.3, 0.4) is 0 Å². The van der Waals surface area contributed by atoms with Crippen LogP contribution in [0.1, 0.15) is 93.1 Å². The molecule has 20 nitrogen and oxygen atoms in total. The number of nitrogens with one attached hydrogen (secondary N) is 7. The van der Waals surface area contributed by atoms with Crippen LogP contribution in [0.4, 0.5) is 0 Å². The number of aliphatic hydroxyl groups is 1. The number of aliphatic carboxylic acids is 1. The van der Waals surface area contributed by atoms with Gasteiger partial charge in [0.05, 0.1) is 12.1 Å². The molecule has 1 aromatic carbocycles. The third-order valence-electron chi connectivity index (χ3n) is 11.4. The Morgan fingerprint density at radius 3 is 1.75 bits per heavy atom. The van der Waals surface area contributed by atoms with E-state index in [1.807, 2.05) is 20.1 Å². The number of thioether (sulfide) groups is 2. The van der Waals surface area contributed by atoms with Gasteiger partial charge >= 0.3 is 5.97 Å². The van der Waals surface area contributed by atoms with Gasteiger partial charge in [0.15, 0.2) is 0 Å². The van der Waals surface area contributed by atoms with Crippen molar-refractivity contribution < 1.29 is 53.4 Å². The van der Waals surface area contributed by atoms with Crippen LogP contribution in [0.2, 0.25) is 0 Å².